The minimum atomic E-state index is -0.292. The highest BCUT2D eigenvalue weighted by molar-refractivity contribution is 5.80. The van der Waals surface area contributed by atoms with Crippen LogP contribution in [0.2, 0.25) is 0 Å². The number of ether oxygens (including phenoxy) is 1. The zero-order chi connectivity index (χ0) is 20.1. The van der Waals surface area contributed by atoms with Gasteiger partial charge in [-0.05, 0) is 69.1 Å². The fourth-order valence-electron chi connectivity index (χ4n) is 3.92. The first-order valence-electron chi connectivity index (χ1n) is 9.94. The fourth-order valence-corrected chi connectivity index (χ4v) is 3.92. The maximum atomic E-state index is 11.9. The molecule has 1 aliphatic heterocycles. The van der Waals surface area contributed by atoms with Gasteiger partial charge in [0.25, 0.3) is 0 Å². The van der Waals surface area contributed by atoms with E-state index in [1.54, 1.807) is 6.92 Å². The summed E-state index contributed by atoms with van der Waals surface area (Å²) in [6, 6.07) is 8.50. The standard InChI is InChI=1S/C24H35NO2/c1-7-9-19-10-12-20(13-11-19)25-24(6)16-14-21(18(3)26)27-22(24)17-23(4,5)15-8-2/h7-8,10-13,21-22,25H,1-2,9,14-17H2,3-6H3/t21-,22-,24+/m0/s1. The van der Waals surface area contributed by atoms with Crippen molar-refractivity contribution in [1.29, 1.82) is 0 Å². The van der Waals surface area contributed by atoms with Crippen LogP contribution in [-0.2, 0) is 16.0 Å². The van der Waals surface area contributed by atoms with Crippen LogP contribution < -0.4 is 5.32 Å². The highest BCUT2D eigenvalue weighted by Gasteiger charge is 2.44. The second kappa shape index (κ2) is 8.88. The molecular weight excluding hydrogens is 334 g/mol. The highest BCUT2D eigenvalue weighted by Crippen LogP contribution is 2.39. The lowest BCUT2D eigenvalue weighted by molar-refractivity contribution is -0.145. The van der Waals surface area contributed by atoms with Crippen LogP contribution in [-0.4, -0.2) is 23.5 Å². The van der Waals surface area contributed by atoms with Gasteiger partial charge in [0, 0.05) is 5.69 Å². The Labute approximate surface area is 164 Å². The van der Waals surface area contributed by atoms with Gasteiger partial charge in [0.05, 0.1) is 11.6 Å². The van der Waals surface area contributed by atoms with Gasteiger partial charge >= 0.3 is 0 Å². The van der Waals surface area contributed by atoms with Gasteiger partial charge < -0.3 is 10.1 Å². The quantitative estimate of drug-likeness (QED) is 0.566. The first-order valence-corrected chi connectivity index (χ1v) is 9.94. The Hall–Kier alpha value is -1.87. The average molecular weight is 370 g/mol. The van der Waals surface area contributed by atoms with Gasteiger partial charge in [-0.15, -0.1) is 13.2 Å². The number of ketones is 1. The molecule has 0 unspecified atom stereocenters. The number of nitrogens with one attached hydrogen (secondary N) is 1. The Kier molecular flexibility index (Phi) is 7.05. The van der Waals surface area contributed by atoms with Gasteiger partial charge in [-0.3, -0.25) is 4.79 Å². The summed E-state index contributed by atoms with van der Waals surface area (Å²) < 4.78 is 6.32. The Bertz CT molecular complexity index is 661. The lowest BCUT2D eigenvalue weighted by atomic mass is 9.74. The molecule has 1 fully saturated rings. The zero-order valence-corrected chi connectivity index (χ0v) is 17.4. The number of carbonyl (C=O) groups excluding carboxylic acids is 1. The van der Waals surface area contributed by atoms with Crippen molar-refractivity contribution in [3.8, 4) is 0 Å². The molecule has 1 aromatic rings. The largest absolute Gasteiger partial charge is 0.377 e. The van der Waals surface area contributed by atoms with Crippen molar-refractivity contribution in [1.82, 2.24) is 0 Å². The van der Waals surface area contributed by atoms with E-state index in [0.717, 1.165) is 37.8 Å². The van der Waals surface area contributed by atoms with E-state index in [1.807, 2.05) is 12.2 Å². The van der Waals surface area contributed by atoms with Gasteiger partial charge in [0.2, 0.25) is 0 Å². The third kappa shape index (κ3) is 5.80. The molecule has 148 valence electrons. The normalized spacial score (nSPS) is 25.6. The first kappa shape index (κ1) is 21.4. The van der Waals surface area contributed by atoms with E-state index in [9.17, 15) is 4.79 Å². The lowest BCUT2D eigenvalue weighted by Crippen LogP contribution is -2.55. The summed E-state index contributed by atoms with van der Waals surface area (Å²) >= 11 is 0. The Morgan fingerprint density at radius 3 is 2.52 bits per heavy atom. The van der Waals surface area contributed by atoms with Crippen LogP contribution in [0.5, 0.6) is 0 Å². The predicted molar refractivity (Wildman–Crippen MR) is 114 cm³/mol. The smallest absolute Gasteiger partial charge is 0.158 e. The van der Waals surface area contributed by atoms with E-state index < -0.39 is 0 Å². The molecule has 1 heterocycles. The second-order valence-corrected chi connectivity index (χ2v) is 8.86. The van der Waals surface area contributed by atoms with Gasteiger partial charge in [-0.25, -0.2) is 0 Å². The summed E-state index contributed by atoms with van der Waals surface area (Å²) in [5.41, 5.74) is 2.19. The monoisotopic (exact) mass is 369 g/mol. The summed E-state index contributed by atoms with van der Waals surface area (Å²) in [5.74, 6) is 0.123. The van der Waals surface area contributed by atoms with Crippen LogP contribution in [0.1, 0.15) is 58.9 Å². The molecule has 3 atom stereocenters. The molecule has 1 aliphatic rings. The zero-order valence-electron chi connectivity index (χ0n) is 17.4. The van der Waals surface area contributed by atoms with Crippen molar-refractivity contribution in [2.75, 3.05) is 5.32 Å². The average Bonchev–Trinajstić information content (AvgIpc) is 2.58. The van der Waals surface area contributed by atoms with Gasteiger partial charge in [-0.2, -0.15) is 0 Å². The van der Waals surface area contributed by atoms with Crippen LogP contribution in [0.4, 0.5) is 5.69 Å². The molecule has 0 saturated carbocycles. The maximum absolute atomic E-state index is 11.9. The van der Waals surface area contributed by atoms with Crippen molar-refractivity contribution in [3.63, 3.8) is 0 Å². The van der Waals surface area contributed by atoms with E-state index in [4.69, 9.17) is 4.74 Å². The number of anilines is 1. The minimum absolute atomic E-state index is 0.0389. The molecule has 1 aromatic carbocycles. The molecule has 3 nitrogen and oxygen atoms in total. The number of hydrogen-bond donors (Lipinski definition) is 1. The third-order valence-electron chi connectivity index (χ3n) is 5.62. The number of Topliss-reactive ketones (excluding diaryl/α,β-unsaturated/α-hetero) is 1. The van der Waals surface area contributed by atoms with E-state index >= 15 is 0 Å². The lowest BCUT2D eigenvalue weighted by Gasteiger charge is -2.47. The van der Waals surface area contributed by atoms with Crippen molar-refractivity contribution in [2.45, 2.75) is 77.5 Å². The van der Waals surface area contributed by atoms with Crippen molar-refractivity contribution in [2.24, 2.45) is 5.41 Å². The number of benzene rings is 1. The molecule has 3 heteroatoms. The molecule has 27 heavy (non-hydrogen) atoms. The SMILES string of the molecule is C=CCc1ccc(N[C@]2(C)CC[C@@H](C(C)=O)O[C@H]2CC(C)(C)CC=C)cc1. The molecule has 2 rings (SSSR count). The minimum Gasteiger partial charge on any atom is -0.377 e. The Balaban J connectivity index is 2.21. The molecule has 0 aromatic heterocycles. The van der Waals surface area contributed by atoms with E-state index in [1.165, 1.54) is 5.56 Å². The molecular formula is C24H35NO2. The van der Waals surface area contributed by atoms with Crippen molar-refractivity contribution >= 4 is 11.5 Å². The number of carbonyl (C=O) groups is 1. The molecule has 0 spiro atoms. The number of rotatable bonds is 9. The van der Waals surface area contributed by atoms with Gasteiger partial charge in [0.15, 0.2) is 5.78 Å². The molecule has 0 radical (unpaired) electrons. The summed E-state index contributed by atoms with van der Waals surface area (Å²) in [6.45, 7) is 16.0. The fraction of sp³-hybridized carbons (Fsp3) is 0.542. The van der Waals surface area contributed by atoms with Crippen LogP contribution in [0.25, 0.3) is 0 Å². The van der Waals surface area contributed by atoms with Gasteiger partial charge in [-0.1, -0.05) is 38.1 Å². The summed E-state index contributed by atoms with van der Waals surface area (Å²) in [7, 11) is 0. The Morgan fingerprint density at radius 2 is 1.96 bits per heavy atom. The van der Waals surface area contributed by atoms with Crippen LogP contribution >= 0.6 is 0 Å². The number of allylic oxidation sites excluding steroid dienone is 2. The van der Waals surface area contributed by atoms with E-state index in [-0.39, 0.29) is 28.9 Å². The predicted octanol–water partition coefficient (Wildman–Crippen LogP) is 5.71. The molecule has 1 saturated heterocycles. The topological polar surface area (TPSA) is 38.3 Å². The van der Waals surface area contributed by atoms with Crippen LogP contribution in [0.15, 0.2) is 49.6 Å². The summed E-state index contributed by atoms with van der Waals surface area (Å²) in [4.78, 5) is 11.9. The number of hydrogen-bond acceptors (Lipinski definition) is 3. The molecule has 0 aliphatic carbocycles. The van der Waals surface area contributed by atoms with E-state index in [2.05, 4.69) is 63.5 Å². The van der Waals surface area contributed by atoms with Crippen molar-refractivity contribution < 1.29 is 9.53 Å². The molecule has 0 amide bonds. The van der Waals surface area contributed by atoms with Crippen LogP contribution in [0, 0.1) is 5.41 Å². The maximum Gasteiger partial charge on any atom is 0.158 e. The summed E-state index contributed by atoms with van der Waals surface area (Å²) in [5, 5.41) is 3.71. The van der Waals surface area contributed by atoms with Gasteiger partial charge in [0.1, 0.15) is 6.10 Å². The first-order chi connectivity index (χ1) is 12.7. The second-order valence-electron chi connectivity index (χ2n) is 8.86. The van der Waals surface area contributed by atoms with Crippen molar-refractivity contribution in [3.05, 3.63) is 55.1 Å². The molecule has 0 bridgehead atoms. The highest BCUT2D eigenvalue weighted by atomic mass is 16.5. The van der Waals surface area contributed by atoms with Crippen LogP contribution in [0.3, 0.4) is 0 Å². The Morgan fingerprint density at radius 1 is 1.30 bits per heavy atom. The molecule has 1 N–H and O–H groups in total. The van der Waals surface area contributed by atoms with E-state index in [0.29, 0.717) is 0 Å². The third-order valence-corrected chi connectivity index (χ3v) is 5.62. The summed E-state index contributed by atoms with van der Waals surface area (Å²) in [6.07, 6.45) is 7.88.